The number of unbranched alkanes of at least 4 members (excludes halogenated alkanes) is 5. The first kappa shape index (κ1) is 15.3. The van der Waals surface area contributed by atoms with Crippen LogP contribution in [0.3, 0.4) is 0 Å². The van der Waals surface area contributed by atoms with Gasteiger partial charge in [-0.05, 0) is 25.7 Å². The summed E-state index contributed by atoms with van der Waals surface area (Å²) in [6.07, 6.45) is 10.5. The average Bonchev–Trinajstić information content (AvgIpc) is 2.33. The molecule has 106 valence electrons. The highest BCUT2D eigenvalue weighted by Gasteiger charge is 2.33. The molecule has 4 heteroatoms. The zero-order valence-corrected chi connectivity index (χ0v) is 11.7. The molecule has 0 unspecified atom stereocenters. The molecule has 1 saturated carbocycles. The minimum absolute atomic E-state index is 0.447. The molecule has 1 fully saturated rings. The van der Waals surface area contributed by atoms with Gasteiger partial charge in [-0.25, -0.2) is 0 Å². The third-order valence-corrected chi connectivity index (χ3v) is 3.66. The summed E-state index contributed by atoms with van der Waals surface area (Å²) in [6, 6.07) is 0. The molecule has 0 bridgehead atoms. The van der Waals surface area contributed by atoms with Crippen LogP contribution in [0.25, 0.3) is 0 Å². The van der Waals surface area contributed by atoms with Crippen molar-refractivity contribution in [2.75, 3.05) is 13.1 Å². The lowest BCUT2D eigenvalue weighted by molar-refractivity contribution is -0.0235. The van der Waals surface area contributed by atoms with E-state index in [-0.39, 0.29) is 0 Å². The molecule has 1 aliphatic carbocycles. The van der Waals surface area contributed by atoms with E-state index in [9.17, 15) is 5.11 Å². The van der Waals surface area contributed by atoms with E-state index in [2.05, 4.69) is 17.2 Å². The second-order valence-corrected chi connectivity index (χ2v) is 5.47. The Morgan fingerprint density at radius 2 is 1.89 bits per heavy atom. The molecular formula is C14H29N3O. The smallest absolute Gasteiger partial charge is 0.188 e. The first-order valence-corrected chi connectivity index (χ1v) is 7.42. The fourth-order valence-electron chi connectivity index (χ4n) is 2.15. The van der Waals surface area contributed by atoms with Crippen molar-refractivity contribution in [1.29, 1.82) is 0 Å². The summed E-state index contributed by atoms with van der Waals surface area (Å²) in [5.74, 6) is 0.476. The number of nitrogens with zero attached hydrogens (tertiary/aromatic N) is 1. The van der Waals surface area contributed by atoms with Crippen molar-refractivity contribution in [3.8, 4) is 0 Å². The molecule has 0 radical (unpaired) electrons. The molecule has 18 heavy (non-hydrogen) atoms. The number of nitrogens with two attached hydrogens (primary N) is 1. The van der Waals surface area contributed by atoms with Crippen LogP contribution in [0.2, 0.25) is 0 Å². The van der Waals surface area contributed by atoms with E-state index in [0.717, 1.165) is 32.2 Å². The van der Waals surface area contributed by atoms with E-state index in [0.29, 0.717) is 12.5 Å². The lowest BCUT2D eigenvalue weighted by Gasteiger charge is -2.34. The zero-order chi connectivity index (χ0) is 13.3. The molecule has 0 aromatic carbocycles. The highest BCUT2D eigenvalue weighted by molar-refractivity contribution is 5.77. The van der Waals surface area contributed by atoms with Crippen molar-refractivity contribution in [3.05, 3.63) is 0 Å². The van der Waals surface area contributed by atoms with E-state index in [4.69, 9.17) is 5.73 Å². The first-order chi connectivity index (χ1) is 8.66. The molecule has 0 amide bonds. The topological polar surface area (TPSA) is 70.6 Å². The Morgan fingerprint density at radius 1 is 1.22 bits per heavy atom. The maximum absolute atomic E-state index is 9.86. The van der Waals surface area contributed by atoms with E-state index in [1.165, 1.54) is 32.1 Å². The van der Waals surface area contributed by atoms with Crippen molar-refractivity contribution < 1.29 is 5.11 Å². The number of hydrogen-bond acceptors (Lipinski definition) is 2. The summed E-state index contributed by atoms with van der Waals surface area (Å²) < 4.78 is 0. The van der Waals surface area contributed by atoms with Crippen LogP contribution < -0.4 is 11.1 Å². The van der Waals surface area contributed by atoms with Gasteiger partial charge in [0.05, 0.1) is 12.1 Å². The summed E-state index contributed by atoms with van der Waals surface area (Å²) >= 11 is 0. The standard InChI is InChI=1S/C14H29N3O/c1-2-3-4-5-6-7-11-16-13(15)17-12-14(18)9-8-10-14/h18H,2-12H2,1H3,(H3,15,16,17). The molecule has 4 N–H and O–H groups in total. The SMILES string of the molecule is CCCCCCCCNC(N)=NCC1(O)CCC1. The van der Waals surface area contributed by atoms with Crippen LogP contribution in [-0.4, -0.2) is 29.8 Å². The molecule has 0 aromatic rings. The summed E-state index contributed by atoms with van der Waals surface area (Å²) in [6.45, 7) is 3.57. The lowest BCUT2D eigenvalue weighted by Crippen LogP contribution is -2.42. The molecule has 1 aliphatic rings. The fraction of sp³-hybridized carbons (Fsp3) is 0.929. The van der Waals surface area contributed by atoms with Crippen LogP contribution in [0.5, 0.6) is 0 Å². The normalized spacial score (nSPS) is 18.4. The average molecular weight is 255 g/mol. The number of aliphatic imine (C=N–C) groups is 1. The number of guanidine groups is 1. The van der Waals surface area contributed by atoms with E-state index in [1.54, 1.807) is 0 Å². The third kappa shape index (κ3) is 6.24. The second-order valence-electron chi connectivity index (χ2n) is 5.47. The monoisotopic (exact) mass is 255 g/mol. The van der Waals surface area contributed by atoms with Gasteiger partial charge < -0.3 is 16.2 Å². The summed E-state index contributed by atoms with van der Waals surface area (Å²) in [5, 5.41) is 13.0. The van der Waals surface area contributed by atoms with Gasteiger partial charge in [-0.1, -0.05) is 39.0 Å². The molecule has 0 spiro atoms. The van der Waals surface area contributed by atoms with E-state index in [1.807, 2.05) is 0 Å². The molecule has 0 aromatic heterocycles. The lowest BCUT2D eigenvalue weighted by atomic mass is 9.80. The van der Waals surface area contributed by atoms with Gasteiger partial charge in [0.1, 0.15) is 0 Å². The maximum Gasteiger partial charge on any atom is 0.188 e. The first-order valence-electron chi connectivity index (χ1n) is 7.42. The Balaban J connectivity index is 1.95. The predicted molar refractivity (Wildman–Crippen MR) is 76.7 cm³/mol. The van der Waals surface area contributed by atoms with Gasteiger partial charge >= 0.3 is 0 Å². The number of aliphatic hydroxyl groups is 1. The molecule has 0 saturated heterocycles. The molecule has 0 aliphatic heterocycles. The largest absolute Gasteiger partial charge is 0.388 e. The molecular weight excluding hydrogens is 226 g/mol. The van der Waals surface area contributed by atoms with Crippen molar-refractivity contribution >= 4 is 5.96 Å². The predicted octanol–water partition coefficient (Wildman–Crippen LogP) is 2.17. The maximum atomic E-state index is 9.86. The molecule has 1 rings (SSSR count). The third-order valence-electron chi connectivity index (χ3n) is 3.66. The van der Waals surface area contributed by atoms with Crippen LogP contribution in [0, 0.1) is 0 Å². The van der Waals surface area contributed by atoms with Crippen molar-refractivity contribution in [2.45, 2.75) is 70.3 Å². The summed E-state index contributed by atoms with van der Waals surface area (Å²) in [4.78, 5) is 4.20. The van der Waals surface area contributed by atoms with Gasteiger partial charge in [-0.3, -0.25) is 4.99 Å². The van der Waals surface area contributed by atoms with Gasteiger partial charge in [0.25, 0.3) is 0 Å². The minimum Gasteiger partial charge on any atom is -0.388 e. The molecule has 0 atom stereocenters. The van der Waals surface area contributed by atoms with E-state index < -0.39 is 5.60 Å². The van der Waals surface area contributed by atoms with Crippen LogP contribution in [-0.2, 0) is 0 Å². The van der Waals surface area contributed by atoms with Crippen LogP contribution >= 0.6 is 0 Å². The van der Waals surface area contributed by atoms with Gasteiger partial charge in [0.2, 0.25) is 0 Å². The van der Waals surface area contributed by atoms with Crippen molar-refractivity contribution in [1.82, 2.24) is 5.32 Å². The summed E-state index contributed by atoms with van der Waals surface area (Å²) in [7, 11) is 0. The number of rotatable bonds is 9. The fourth-order valence-corrected chi connectivity index (χ4v) is 2.15. The van der Waals surface area contributed by atoms with Gasteiger partial charge in [0.15, 0.2) is 5.96 Å². The van der Waals surface area contributed by atoms with E-state index >= 15 is 0 Å². The van der Waals surface area contributed by atoms with Crippen molar-refractivity contribution in [3.63, 3.8) is 0 Å². The van der Waals surface area contributed by atoms with Gasteiger partial charge in [0, 0.05) is 6.54 Å². The number of hydrogen-bond donors (Lipinski definition) is 3. The Kier molecular flexibility index (Phi) is 7.09. The second kappa shape index (κ2) is 8.35. The van der Waals surface area contributed by atoms with Gasteiger partial charge in [-0.2, -0.15) is 0 Å². The Hall–Kier alpha value is -0.770. The Morgan fingerprint density at radius 3 is 2.50 bits per heavy atom. The molecule has 4 nitrogen and oxygen atoms in total. The van der Waals surface area contributed by atoms with Crippen LogP contribution in [0.4, 0.5) is 0 Å². The quantitative estimate of drug-likeness (QED) is 0.336. The van der Waals surface area contributed by atoms with Gasteiger partial charge in [-0.15, -0.1) is 0 Å². The zero-order valence-electron chi connectivity index (χ0n) is 11.7. The summed E-state index contributed by atoms with van der Waals surface area (Å²) in [5.41, 5.74) is 5.19. The van der Waals surface area contributed by atoms with Crippen LogP contribution in [0.15, 0.2) is 4.99 Å². The Bertz CT molecular complexity index is 249. The highest BCUT2D eigenvalue weighted by atomic mass is 16.3. The van der Waals surface area contributed by atoms with Crippen LogP contribution in [0.1, 0.15) is 64.7 Å². The Labute approximate surface area is 111 Å². The minimum atomic E-state index is -0.563. The van der Waals surface area contributed by atoms with Crippen molar-refractivity contribution in [2.24, 2.45) is 10.7 Å². The molecule has 0 heterocycles. The number of nitrogens with one attached hydrogen (secondary N) is 1. The highest BCUT2D eigenvalue weighted by Crippen LogP contribution is 2.31.